The van der Waals surface area contributed by atoms with Gasteiger partial charge in [0.2, 0.25) is 23.3 Å². The molecule has 0 radical (unpaired) electrons. The molecule has 4 aliphatic heterocycles. The second-order valence-electron chi connectivity index (χ2n) is 18.5. The van der Waals surface area contributed by atoms with E-state index in [1.165, 1.54) is 39.0 Å². The number of unbranched alkanes of at least 4 members (excludes halogenated alkanes) is 7. The van der Waals surface area contributed by atoms with Crippen LogP contribution >= 0.6 is 11.6 Å². The molecule has 5 heterocycles. The van der Waals surface area contributed by atoms with Crippen molar-refractivity contribution in [2.75, 3.05) is 77.4 Å². The molecule has 70 heavy (non-hydrogen) atoms. The number of benzene rings is 3. The van der Waals surface area contributed by atoms with Crippen molar-refractivity contribution in [1.29, 1.82) is 0 Å². The fraction of sp³-hybridized carbons (Fsp3) is 0.490. The van der Waals surface area contributed by atoms with Crippen LogP contribution < -0.4 is 15.4 Å². The second-order valence-corrected chi connectivity index (χ2v) is 19.0. The van der Waals surface area contributed by atoms with E-state index in [4.69, 9.17) is 20.9 Å². The summed E-state index contributed by atoms with van der Waals surface area (Å²) in [5, 5.41) is 21.8. The van der Waals surface area contributed by atoms with Gasteiger partial charge in [0.1, 0.15) is 11.8 Å². The molecule has 0 spiro atoms. The maximum atomic E-state index is 13.2. The summed E-state index contributed by atoms with van der Waals surface area (Å²) in [7, 11) is 0. The van der Waals surface area contributed by atoms with Crippen molar-refractivity contribution in [2.45, 2.75) is 89.8 Å². The Bertz CT molecular complexity index is 2500. The first-order chi connectivity index (χ1) is 33.9. The van der Waals surface area contributed by atoms with Crippen LogP contribution in [0.4, 0.5) is 11.4 Å². The number of aryl methyl sites for hydroxylation is 1. The minimum absolute atomic E-state index is 0.00882. The normalized spacial score (nSPS) is 18.2. The standard InChI is InChI=1S/C51H62ClN9O9/c1-35-47(61(67)68)46(55-70-35)51(66)59-31-29-58(30-32-59)48(36-13-17-38(52)18-14-36)37-15-19-39(20-16-37)69-34-45(63)57-27-25-56(26-28-57)24-9-7-5-3-2-4-6-8-23-53-42-12-10-11-40-41(42)33-60(50(40)65)43-21-22-44(62)54-49(43)64/h10-20,43,48,53H,2-9,21-34H2,1H3,(H,54,62,64). The Hall–Kier alpha value is -6.37. The van der Waals surface area contributed by atoms with Crippen LogP contribution in [0.2, 0.25) is 5.02 Å². The predicted octanol–water partition coefficient (Wildman–Crippen LogP) is 6.61. The number of piperidine rings is 1. The molecule has 19 heteroatoms. The lowest BCUT2D eigenvalue weighted by atomic mass is 9.96. The lowest BCUT2D eigenvalue weighted by molar-refractivity contribution is -0.386. The van der Waals surface area contributed by atoms with Crippen molar-refractivity contribution in [3.63, 3.8) is 0 Å². The summed E-state index contributed by atoms with van der Waals surface area (Å²) in [6.07, 6.45) is 9.92. The highest BCUT2D eigenvalue weighted by atomic mass is 35.5. The Kier molecular flexibility index (Phi) is 16.8. The number of hydrogen-bond acceptors (Lipinski definition) is 13. The van der Waals surface area contributed by atoms with Gasteiger partial charge < -0.3 is 29.3 Å². The molecule has 2 N–H and O–H groups in total. The van der Waals surface area contributed by atoms with Gasteiger partial charge in [0, 0.05) is 101 Å². The van der Waals surface area contributed by atoms with Crippen molar-refractivity contribution in [3.05, 3.63) is 116 Å². The molecule has 0 saturated carbocycles. The van der Waals surface area contributed by atoms with Crippen molar-refractivity contribution < 1.29 is 38.2 Å². The highest BCUT2D eigenvalue weighted by molar-refractivity contribution is 6.30. The lowest BCUT2D eigenvalue weighted by Gasteiger charge is -2.39. The van der Waals surface area contributed by atoms with E-state index in [1.807, 2.05) is 71.6 Å². The first-order valence-electron chi connectivity index (χ1n) is 24.6. The molecule has 0 bridgehead atoms. The Morgan fingerprint density at radius 2 is 1.50 bits per heavy atom. The number of piperazine rings is 2. The van der Waals surface area contributed by atoms with E-state index in [9.17, 15) is 34.1 Å². The Morgan fingerprint density at radius 3 is 2.17 bits per heavy atom. The van der Waals surface area contributed by atoms with Crippen LogP contribution in [0.3, 0.4) is 0 Å². The summed E-state index contributed by atoms with van der Waals surface area (Å²) in [4.78, 5) is 84.3. The maximum Gasteiger partial charge on any atom is 0.344 e. The maximum absolute atomic E-state index is 13.2. The third kappa shape index (κ3) is 12.1. The molecule has 4 aromatic rings. The van der Waals surface area contributed by atoms with E-state index in [0.29, 0.717) is 68.6 Å². The molecule has 2 atom stereocenters. The van der Waals surface area contributed by atoms with Gasteiger partial charge >= 0.3 is 5.69 Å². The number of anilines is 1. The lowest BCUT2D eigenvalue weighted by Crippen LogP contribution is -2.52. The summed E-state index contributed by atoms with van der Waals surface area (Å²) in [5.41, 5.74) is 3.80. The van der Waals surface area contributed by atoms with Gasteiger partial charge in [-0.15, -0.1) is 0 Å². The first-order valence-corrected chi connectivity index (χ1v) is 25.0. The zero-order chi connectivity index (χ0) is 49.1. The summed E-state index contributed by atoms with van der Waals surface area (Å²) in [6.45, 7) is 8.36. The van der Waals surface area contributed by atoms with Gasteiger partial charge in [0.25, 0.3) is 17.7 Å². The van der Waals surface area contributed by atoms with Crippen LogP contribution in [0, 0.1) is 17.0 Å². The highest BCUT2D eigenvalue weighted by Crippen LogP contribution is 2.34. The molecular formula is C51H62ClN9O9. The molecule has 2 unspecified atom stereocenters. The van der Waals surface area contributed by atoms with Gasteiger partial charge in [-0.05, 0) is 73.3 Å². The van der Waals surface area contributed by atoms with Crippen molar-refractivity contribution in [1.82, 2.24) is 35.0 Å². The van der Waals surface area contributed by atoms with Crippen molar-refractivity contribution >= 4 is 52.5 Å². The molecule has 8 rings (SSSR count). The van der Waals surface area contributed by atoms with Gasteiger partial charge in [-0.25, -0.2) is 0 Å². The summed E-state index contributed by atoms with van der Waals surface area (Å²) in [6, 6.07) is 20.3. The molecular weight excluding hydrogens is 918 g/mol. The van der Waals surface area contributed by atoms with Gasteiger partial charge in [-0.2, -0.15) is 0 Å². The highest BCUT2D eigenvalue weighted by Gasteiger charge is 2.40. The number of nitro groups is 1. The number of halogens is 1. The number of fused-ring (bicyclic) bond motifs is 1. The summed E-state index contributed by atoms with van der Waals surface area (Å²) < 4.78 is 11.0. The van der Waals surface area contributed by atoms with Crippen molar-refractivity contribution in [3.8, 4) is 5.75 Å². The fourth-order valence-electron chi connectivity index (χ4n) is 10.0. The van der Waals surface area contributed by atoms with Crippen LogP contribution in [0.15, 0.2) is 71.3 Å². The fourth-order valence-corrected chi connectivity index (χ4v) is 10.1. The van der Waals surface area contributed by atoms with Gasteiger partial charge in [0.15, 0.2) is 6.61 Å². The van der Waals surface area contributed by atoms with E-state index in [-0.39, 0.29) is 48.2 Å². The quantitative estimate of drug-likeness (QED) is 0.0391. The number of carbonyl (C=O) groups is 5. The van der Waals surface area contributed by atoms with Crippen LogP contribution in [-0.4, -0.2) is 142 Å². The van der Waals surface area contributed by atoms with Gasteiger partial charge in [-0.3, -0.25) is 49.2 Å². The van der Waals surface area contributed by atoms with Crippen LogP contribution in [0.25, 0.3) is 0 Å². The molecule has 1 aromatic heterocycles. The third-order valence-corrected chi connectivity index (χ3v) is 14.2. The number of ether oxygens (including phenoxy) is 1. The summed E-state index contributed by atoms with van der Waals surface area (Å²) >= 11 is 6.25. The molecule has 18 nitrogen and oxygen atoms in total. The smallest absolute Gasteiger partial charge is 0.344 e. The topological polar surface area (TPSA) is 204 Å². The molecule has 3 aromatic carbocycles. The number of imide groups is 1. The third-order valence-electron chi connectivity index (χ3n) is 14.0. The number of amides is 5. The monoisotopic (exact) mass is 979 g/mol. The van der Waals surface area contributed by atoms with E-state index in [2.05, 4.69) is 25.6 Å². The van der Waals surface area contributed by atoms with E-state index >= 15 is 0 Å². The van der Waals surface area contributed by atoms with Crippen LogP contribution in [0.5, 0.6) is 5.75 Å². The zero-order valence-corrected chi connectivity index (χ0v) is 40.5. The first kappa shape index (κ1) is 50.0. The van der Waals surface area contributed by atoms with Crippen molar-refractivity contribution in [2.24, 2.45) is 0 Å². The average molecular weight is 981 g/mol. The number of nitrogens with one attached hydrogen (secondary N) is 2. The van der Waals surface area contributed by atoms with E-state index in [0.717, 1.165) is 67.8 Å². The average Bonchev–Trinajstić information content (AvgIpc) is 3.93. The van der Waals surface area contributed by atoms with Crippen LogP contribution in [-0.2, 0) is 20.9 Å². The van der Waals surface area contributed by atoms with E-state index in [1.54, 1.807) is 9.80 Å². The number of aromatic nitrogens is 1. The minimum atomic E-state index is -0.637. The minimum Gasteiger partial charge on any atom is -0.484 e. The molecule has 372 valence electrons. The molecule has 4 aliphatic rings. The SMILES string of the molecule is Cc1onc(C(=O)N2CCN(C(c3ccc(Cl)cc3)c3ccc(OCC(=O)N4CCN(CCCCCCCCCCNc5cccc6c5CN(C5CCC(=O)NC5=O)C6=O)CC4)cc3)CC2)c1[N+](=O)[O-]. The van der Waals surface area contributed by atoms with Gasteiger partial charge in [0.05, 0.1) is 11.0 Å². The molecule has 3 fully saturated rings. The largest absolute Gasteiger partial charge is 0.484 e. The Morgan fingerprint density at radius 1 is 0.857 bits per heavy atom. The van der Waals surface area contributed by atoms with Crippen LogP contribution in [0.1, 0.15) is 114 Å². The Balaban J connectivity index is 0.687. The summed E-state index contributed by atoms with van der Waals surface area (Å²) in [5.74, 6) is -0.817. The number of hydrogen-bond donors (Lipinski definition) is 2. The number of carbonyl (C=O) groups excluding carboxylic acids is 5. The van der Waals surface area contributed by atoms with E-state index < -0.39 is 28.5 Å². The number of nitrogens with zero attached hydrogens (tertiary/aromatic N) is 7. The molecule has 0 aliphatic carbocycles. The second kappa shape index (κ2) is 23.5. The zero-order valence-electron chi connectivity index (χ0n) is 39.7. The predicted molar refractivity (Wildman–Crippen MR) is 262 cm³/mol. The number of rotatable bonds is 21. The Labute approximate surface area is 412 Å². The molecule has 5 amide bonds. The van der Waals surface area contributed by atoms with Gasteiger partial charge in [-0.1, -0.05) is 85.6 Å². The molecule has 3 saturated heterocycles.